The van der Waals surface area contributed by atoms with Crippen LogP contribution in [0.5, 0.6) is 0 Å². The van der Waals surface area contributed by atoms with E-state index < -0.39 is 27.8 Å². The summed E-state index contributed by atoms with van der Waals surface area (Å²) >= 11 is 0. The predicted octanol–water partition coefficient (Wildman–Crippen LogP) is 2.26. The Kier molecular flexibility index (Phi) is 5.06. The van der Waals surface area contributed by atoms with E-state index in [1.807, 2.05) is 12.1 Å². The lowest BCUT2D eigenvalue weighted by atomic mass is 10.1. The molecule has 0 aromatic heterocycles. The highest BCUT2D eigenvalue weighted by Gasteiger charge is 2.38. The molecule has 0 spiro atoms. The van der Waals surface area contributed by atoms with Gasteiger partial charge in [-0.2, -0.15) is 0 Å². The zero-order valence-electron chi connectivity index (χ0n) is 15.6. The molecule has 8 nitrogen and oxygen atoms in total. The van der Waals surface area contributed by atoms with Crippen molar-refractivity contribution in [2.75, 3.05) is 6.54 Å². The number of fused-ring (bicyclic) bond motifs is 2. The van der Waals surface area contributed by atoms with Crippen LogP contribution in [0.15, 0.2) is 71.6 Å². The van der Waals surface area contributed by atoms with Crippen LogP contribution in [0.3, 0.4) is 0 Å². The van der Waals surface area contributed by atoms with Crippen molar-refractivity contribution >= 4 is 38.6 Å². The molecule has 0 saturated heterocycles. The fraction of sp³-hybridized carbons (Fsp3) is 0.0952. The third-order valence-corrected chi connectivity index (χ3v) is 6.06. The van der Waals surface area contributed by atoms with E-state index in [-0.39, 0.29) is 29.0 Å². The SMILES string of the molecule is O=C(CCNS(=O)(=O)c1ccc2ccccc2c1)ON1C(=O)c2ccccc2C1=O. The standard InChI is InChI=1S/C21H16N2O6S/c24-19(29-23-20(25)17-7-3-4-8-18(17)21(23)26)11-12-22-30(27,28)16-10-9-14-5-1-2-6-15(14)13-16/h1-10,13,22H,11-12H2. The van der Waals surface area contributed by atoms with Gasteiger partial charge in [0, 0.05) is 6.54 Å². The molecular formula is C21H16N2O6S. The van der Waals surface area contributed by atoms with Gasteiger partial charge in [0.25, 0.3) is 11.8 Å². The number of nitrogens with zero attached hydrogens (tertiary/aromatic N) is 1. The fourth-order valence-electron chi connectivity index (χ4n) is 3.10. The zero-order chi connectivity index (χ0) is 21.3. The van der Waals surface area contributed by atoms with Gasteiger partial charge in [0.2, 0.25) is 10.0 Å². The first-order valence-corrected chi connectivity index (χ1v) is 10.5. The highest BCUT2D eigenvalue weighted by atomic mass is 32.2. The number of benzene rings is 3. The molecule has 0 radical (unpaired) electrons. The molecule has 0 saturated carbocycles. The van der Waals surface area contributed by atoms with Crippen LogP contribution < -0.4 is 4.72 Å². The predicted molar refractivity (Wildman–Crippen MR) is 107 cm³/mol. The van der Waals surface area contributed by atoms with Gasteiger partial charge in [-0.15, -0.1) is 0 Å². The van der Waals surface area contributed by atoms with Gasteiger partial charge in [-0.1, -0.05) is 47.5 Å². The lowest BCUT2D eigenvalue weighted by molar-refractivity contribution is -0.168. The molecule has 152 valence electrons. The number of hydrogen-bond donors (Lipinski definition) is 1. The molecule has 0 atom stereocenters. The number of amides is 2. The van der Waals surface area contributed by atoms with Gasteiger partial charge >= 0.3 is 5.97 Å². The minimum absolute atomic E-state index is 0.0647. The Morgan fingerprint density at radius 3 is 2.13 bits per heavy atom. The van der Waals surface area contributed by atoms with Crippen LogP contribution in [-0.2, 0) is 19.7 Å². The average Bonchev–Trinajstić information content (AvgIpc) is 2.98. The van der Waals surface area contributed by atoms with E-state index in [0.29, 0.717) is 5.06 Å². The van der Waals surface area contributed by atoms with Crippen LogP contribution in [0, 0.1) is 0 Å². The first-order valence-electron chi connectivity index (χ1n) is 9.04. The molecule has 9 heteroatoms. The smallest absolute Gasteiger partial charge is 0.330 e. The van der Waals surface area contributed by atoms with Crippen molar-refractivity contribution in [2.24, 2.45) is 0 Å². The van der Waals surface area contributed by atoms with Crippen LogP contribution in [0.4, 0.5) is 0 Å². The fourth-order valence-corrected chi connectivity index (χ4v) is 4.17. The topological polar surface area (TPSA) is 110 Å². The molecular weight excluding hydrogens is 408 g/mol. The molecule has 0 aliphatic carbocycles. The van der Waals surface area contributed by atoms with Gasteiger partial charge in [-0.05, 0) is 35.0 Å². The maximum absolute atomic E-state index is 12.5. The summed E-state index contributed by atoms with van der Waals surface area (Å²) in [4.78, 5) is 41.3. The second-order valence-corrected chi connectivity index (χ2v) is 8.34. The number of carbonyl (C=O) groups is 3. The van der Waals surface area contributed by atoms with Gasteiger partial charge in [0.15, 0.2) is 0 Å². The summed E-state index contributed by atoms with van der Waals surface area (Å²) in [6, 6.07) is 18.1. The summed E-state index contributed by atoms with van der Waals surface area (Å²) in [5, 5.41) is 2.07. The maximum atomic E-state index is 12.5. The van der Waals surface area contributed by atoms with E-state index in [4.69, 9.17) is 4.84 Å². The highest BCUT2D eigenvalue weighted by Crippen LogP contribution is 2.23. The molecule has 3 aromatic carbocycles. The summed E-state index contributed by atoms with van der Waals surface area (Å²) in [5.41, 5.74) is 0.291. The lowest BCUT2D eigenvalue weighted by Gasteiger charge is -2.13. The van der Waals surface area contributed by atoms with Crippen molar-refractivity contribution in [1.82, 2.24) is 9.79 Å². The molecule has 1 aliphatic heterocycles. The number of rotatable bonds is 6. The van der Waals surface area contributed by atoms with Crippen LogP contribution in [0.25, 0.3) is 10.8 Å². The molecule has 4 rings (SSSR count). The first-order chi connectivity index (χ1) is 14.4. The monoisotopic (exact) mass is 424 g/mol. The van der Waals surface area contributed by atoms with E-state index in [0.717, 1.165) is 10.8 Å². The normalized spacial score (nSPS) is 13.5. The molecule has 0 fully saturated rings. The molecule has 3 aromatic rings. The van der Waals surface area contributed by atoms with E-state index in [1.54, 1.807) is 30.3 Å². The molecule has 0 bridgehead atoms. The van der Waals surface area contributed by atoms with E-state index >= 15 is 0 Å². The number of hydrogen-bond acceptors (Lipinski definition) is 6. The Labute approximate surface area is 172 Å². The second-order valence-electron chi connectivity index (χ2n) is 6.57. The van der Waals surface area contributed by atoms with E-state index in [1.165, 1.54) is 24.3 Å². The van der Waals surface area contributed by atoms with Crippen LogP contribution in [0.2, 0.25) is 0 Å². The lowest BCUT2D eigenvalue weighted by Crippen LogP contribution is -2.34. The highest BCUT2D eigenvalue weighted by molar-refractivity contribution is 7.89. The average molecular weight is 424 g/mol. The second kappa shape index (κ2) is 7.69. The number of carbonyl (C=O) groups excluding carboxylic acids is 3. The summed E-state index contributed by atoms with van der Waals surface area (Å²) in [6.07, 6.45) is -0.361. The Hall–Kier alpha value is -3.56. The van der Waals surface area contributed by atoms with Crippen molar-refractivity contribution in [3.63, 3.8) is 0 Å². The molecule has 0 unspecified atom stereocenters. The zero-order valence-corrected chi connectivity index (χ0v) is 16.4. The molecule has 1 heterocycles. The van der Waals surface area contributed by atoms with Gasteiger partial charge < -0.3 is 4.84 Å². The van der Waals surface area contributed by atoms with Crippen molar-refractivity contribution < 1.29 is 27.6 Å². The van der Waals surface area contributed by atoms with Gasteiger partial charge in [-0.3, -0.25) is 9.59 Å². The van der Waals surface area contributed by atoms with Crippen LogP contribution in [0.1, 0.15) is 27.1 Å². The summed E-state index contributed by atoms with van der Waals surface area (Å²) < 4.78 is 27.3. The molecule has 2 amide bonds. The summed E-state index contributed by atoms with van der Waals surface area (Å²) in [6.45, 7) is -0.253. The van der Waals surface area contributed by atoms with E-state index in [9.17, 15) is 22.8 Å². The van der Waals surface area contributed by atoms with Gasteiger partial charge in [0.05, 0.1) is 22.4 Å². The van der Waals surface area contributed by atoms with Gasteiger partial charge in [-0.25, -0.2) is 17.9 Å². The number of hydroxylamine groups is 2. The number of nitrogens with one attached hydrogen (secondary N) is 1. The van der Waals surface area contributed by atoms with E-state index in [2.05, 4.69) is 4.72 Å². The largest absolute Gasteiger partial charge is 0.334 e. The Morgan fingerprint density at radius 1 is 0.867 bits per heavy atom. The van der Waals surface area contributed by atoms with Crippen LogP contribution in [-0.4, -0.2) is 37.8 Å². The van der Waals surface area contributed by atoms with Crippen molar-refractivity contribution in [1.29, 1.82) is 0 Å². The molecule has 30 heavy (non-hydrogen) atoms. The Morgan fingerprint density at radius 2 is 1.47 bits per heavy atom. The summed E-state index contributed by atoms with van der Waals surface area (Å²) in [5.74, 6) is -2.38. The van der Waals surface area contributed by atoms with Gasteiger partial charge in [0.1, 0.15) is 0 Å². The Balaban J connectivity index is 1.36. The third-order valence-electron chi connectivity index (χ3n) is 4.60. The molecule has 1 N–H and O–H groups in total. The number of imide groups is 1. The quantitative estimate of drug-likeness (QED) is 0.608. The maximum Gasteiger partial charge on any atom is 0.334 e. The number of sulfonamides is 1. The van der Waals surface area contributed by atoms with Crippen molar-refractivity contribution in [3.05, 3.63) is 77.9 Å². The van der Waals surface area contributed by atoms with Crippen molar-refractivity contribution in [2.45, 2.75) is 11.3 Å². The Bertz CT molecular complexity index is 1250. The van der Waals surface area contributed by atoms with Crippen molar-refractivity contribution in [3.8, 4) is 0 Å². The summed E-state index contributed by atoms with van der Waals surface area (Å²) in [7, 11) is -3.85. The molecule has 1 aliphatic rings. The minimum Gasteiger partial charge on any atom is -0.330 e. The first kappa shape index (κ1) is 19.7. The van der Waals surface area contributed by atoms with Crippen LogP contribution >= 0.6 is 0 Å². The third kappa shape index (κ3) is 3.68. The minimum atomic E-state index is -3.85.